The third-order valence-corrected chi connectivity index (χ3v) is 4.77. The minimum Gasteiger partial charge on any atom is -0.497 e. The molecule has 2 unspecified atom stereocenters. The fourth-order valence-electron chi connectivity index (χ4n) is 2.68. The van der Waals surface area contributed by atoms with Gasteiger partial charge < -0.3 is 14.5 Å². The maximum atomic E-state index is 5.46. The van der Waals surface area contributed by atoms with Crippen molar-refractivity contribution in [3.63, 3.8) is 0 Å². The minimum absolute atomic E-state index is 0.289. The lowest BCUT2D eigenvalue weighted by atomic mass is 10.1. The number of ether oxygens (including phenoxy) is 1. The number of aryl methyl sites for hydroxylation is 1. The Morgan fingerprint density at radius 2 is 2.30 bits per heavy atom. The molecule has 0 spiro atoms. The maximum absolute atomic E-state index is 5.46. The average molecular weight is 290 g/mol. The third-order valence-electron chi connectivity index (χ3n) is 3.64. The van der Waals surface area contributed by atoms with Crippen LogP contribution >= 0.6 is 11.8 Å². The normalized spacial score (nSPS) is 20.9. The molecule has 0 radical (unpaired) electrons. The summed E-state index contributed by atoms with van der Waals surface area (Å²) in [5.74, 6) is 0.904. The molecule has 3 rings (SSSR count). The number of rotatable bonds is 4. The Bertz CT molecular complexity index is 612. The minimum atomic E-state index is 0.289. The van der Waals surface area contributed by atoms with Crippen molar-refractivity contribution >= 4 is 11.8 Å². The van der Waals surface area contributed by atoms with Gasteiger partial charge in [0.05, 0.1) is 12.8 Å². The van der Waals surface area contributed by atoms with E-state index in [1.54, 1.807) is 25.1 Å². The number of oxazole rings is 1. The van der Waals surface area contributed by atoms with Crippen LogP contribution in [-0.4, -0.2) is 24.4 Å². The predicted octanol–water partition coefficient (Wildman–Crippen LogP) is 2.97. The van der Waals surface area contributed by atoms with Crippen LogP contribution in [0.2, 0.25) is 0 Å². The number of hydrogen-bond donors (Lipinski definition) is 1. The van der Waals surface area contributed by atoms with Crippen molar-refractivity contribution in [1.82, 2.24) is 10.3 Å². The molecule has 0 fully saturated rings. The summed E-state index contributed by atoms with van der Waals surface area (Å²) in [7, 11) is 3.69. The number of fused-ring (bicyclic) bond motifs is 1. The van der Waals surface area contributed by atoms with Crippen LogP contribution in [0.25, 0.3) is 0 Å². The monoisotopic (exact) mass is 290 g/mol. The summed E-state index contributed by atoms with van der Waals surface area (Å²) in [6, 6.07) is 6.59. The highest BCUT2D eigenvalue weighted by molar-refractivity contribution is 7.99. The Kier molecular flexibility index (Phi) is 3.72. The standard InChI is InChI=1S/C15H18N2O2S/c1-9-8-19-15(17-9)20-13-6-10-4-5-11(18-3)7-12(10)14(13)16-2/h4-5,7-8,13-14,16H,6H2,1-3H3. The van der Waals surface area contributed by atoms with Crippen LogP contribution in [0.4, 0.5) is 0 Å². The van der Waals surface area contributed by atoms with E-state index in [1.807, 2.05) is 20.0 Å². The molecule has 1 aromatic heterocycles. The number of hydrogen-bond acceptors (Lipinski definition) is 5. The summed E-state index contributed by atoms with van der Waals surface area (Å²) >= 11 is 1.69. The van der Waals surface area contributed by atoms with Crippen LogP contribution in [0.5, 0.6) is 5.75 Å². The molecule has 1 N–H and O–H groups in total. The lowest BCUT2D eigenvalue weighted by Crippen LogP contribution is -2.23. The van der Waals surface area contributed by atoms with E-state index in [9.17, 15) is 0 Å². The molecule has 0 saturated heterocycles. The Morgan fingerprint density at radius 3 is 2.95 bits per heavy atom. The molecule has 5 heteroatoms. The van der Waals surface area contributed by atoms with E-state index in [2.05, 4.69) is 22.4 Å². The smallest absolute Gasteiger partial charge is 0.256 e. The summed E-state index contributed by atoms with van der Waals surface area (Å²) in [4.78, 5) is 4.38. The van der Waals surface area contributed by atoms with Crippen molar-refractivity contribution < 1.29 is 9.15 Å². The molecule has 106 valence electrons. The van der Waals surface area contributed by atoms with E-state index in [0.29, 0.717) is 5.25 Å². The highest BCUT2D eigenvalue weighted by Gasteiger charge is 2.33. The molecule has 1 aliphatic carbocycles. The largest absolute Gasteiger partial charge is 0.497 e. The van der Waals surface area contributed by atoms with Crippen LogP contribution in [0, 0.1) is 6.92 Å². The van der Waals surface area contributed by atoms with Crippen molar-refractivity contribution in [2.45, 2.75) is 29.9 Å². The number of aromatic nitrogens is 1. The van der Waals surface area contributed by atoms with Gasteiger partial charge in [-0.1, -0.05) is 17.8 Å². The Labute approximate surface area is 122 Å². The number of methoxy groups -OCH3 is 1. The van der Waals surface area contributed by atoms with Gasteiger partial charge >= 0.3 is 0 Å². The summed E-state index contributed by atoms with van der Waals surface area (Å²) in [5.41, 5.74) is 3.60. The van der Waals surface area contributed by atoms with Gasteiger partial charge in [0, 0.05) is 11.3 Å². The van der Waals surface area contributed by atoms with E-state index < -0.39 is 0 Å². The Balaban J connectivity index is 1.84. The zero-order chi connectivity index (χ0) is 14.1. The average Bonchev–Trinajstić information content (AvgIpc) is 3.01. The summed E-state index contributed by atoms with van der Waals surface area (Å²) in [6.45, 7) is 1.94. The predicted molar refractivity (Wildman–Crippen MR) is 79.4 cm³/mol. The first-order valence-electron chi connectivity index (χ1n) is 6.64. The maximum Gasteiger partial charge on any atom is 0.256 e. The molecule has 2 atom stereocenters. The SMILES string of the molecule is CNC1c2cc(OC)ccc2CC1Sc1nc(C)co1. The highest BCUT2D eigenvalue weighted by Crippen LogP contribution is 2.42. The molecule has 20 heavy (non-hydrogen) atoms. The van der Waals surface area contributed by atoms with Gasteiger partial charge in [0.15, 0.2) is 0 Å². The first kappa shape index (κ1) is 13.5. The van der Waals surface area contributed by atoms with Gasteiger partial charge in [0.1, 0.15) is 12.0 Å². The van der Waals surface area contributed by atoms with Gasteiger partial charge in [-0.3, -0.25) is 0 Å². The van der Waals surface area contributed by atoms with Crippen LogP contribution in [0.1, 0.15) is 22.9 Å². The van der Waals surface area contributed by atoms with Crippen molar-refractivity contribution in [3.05, 3.63) is 41.3 Å². The highest BCUT2D eigenvalue weighted by atomic mass is 32.2. The lowest BCUT2D eigenvalue weighted by Gasteiger charge is -2.18. The first-order chi connectivity index (χ1) is 9.71. The molecule has 1 heterocycles. The second kappa shape index (κ2) is 5.50. The zero-order valence-corrected chi connectivity index (χ0v) is 12.7. The molecule has 1 aliphatic rings. The zero-order valence-electron chi connectivity index (χ0n) is 11.8. The number of nitrogens with zero attached hydrogens (tertiary/aromatic N) is 1. The van der Waals surface area contributed by atoms with E-state index >= 15 is 0 Å². The van der Waals surface area contributed by atoms with Gasteiger partial charge in [0.25, 0.3) is 5.22 Å². The van der Waals surface area contributed by atoms with Crippen molar-refractivity contribution in [1.29, 1.82) is 0 Å². The Morgan fingerprint density at radius 1 is 1.45 bits per heavy atom. The molecular formula is C15H18N2O2S. The lowest BCUT2D eigenvalue weighted by molar-refractivity contribution is 0.413. The van der Waals surface area contributed by atoms with Crippen molar-refractivity contribution in [2.24, 2.45) is 0 Å². The molecule has 0 bridgehead atoms. The molecule has 4 nitrogen and oxygen atoms in total. The number of nitrogens with one attached hydrogen (secondary N) is 1. The van der Waals surface area contributed by atoms with Crippen LogP contribution in [-0.2, 0) is 6.42 Å². The summed E-state index contributed by atoms with van der Waals surface area (Å²) in [5, 5.41) is 4.53. The quantitative estimate of drug-likeness (QED) is 0.938. The van der Waals surface area contributed by atoms with E-state index in [1.165, 1.54) is 11.1 Å². The van der Waals surface area contributed by atoms with Crippen molar-refractivity contribution in [2.75, 3.05) is 14.2 Å². The van der Waals surface area contributed by atoms with Crippen LogP contribution in [0.15, 0.2) is 34.1 Å². The second-order valence-electron chi connectivity index (χ2n) is 4.95. The van der Waals surface area contributed by atoms with E-state index in [4.69, 9.17) is 9.15 Å². The summed E-state index contributed by atoms with van der Waals surface area (Å²) in [6.07, 6.45) is 2.71. The van der Waals surface area contributed by atoms with Crippen LogP contribution < -0.4 is 10.1 Å². The topological polar surface area (TPSA) is 47.3 Å². The fraction of sp³-hybridized carbons (Fsp3) is 0.400. The van der Waals surface area contributed by atoms with Gasteiger partial charge in [0.2, 0.25) is 0 Å². The van der Waals surface area contributed by atoms with E-state index in [0.717, 1.165) is 23.1 Å². The van der Waals surface area contributed by atoms with Gasteiger partial charge in [-0.05, 0) is 43.7 Å². The first-order valence-corrected chi connectivity index (χ1v) is 7.52. The van der Waals surface area contributed by atoms with Gasteiger partial charge in [-0.2, -0.15) is 0 Å². The van der Waals surface area contributed by atoms with E-state index in [-0.39, 0.29) is 6.04 Å². The second-order valence-corrected chi connectivity index (χ2v) is 6.14. The Hall–Kier alpha value is -1.46. The molecule has 2 aromatic rings. The molecule has 0 saturated carbocycles. The number of benzene rings is 1. The molecular weight excluding hydrogens is 272 g/mol. The third kappa shape index (κ3) is 2.43. The van der Waals surface area contributed by atoms with Crippen LogP contribution in [0.3, 0.4) is 0 Å². The molecule has 0 amide bonds. The number of thioether (sulfide) groups is 1. The molecule has 0 aliphatic heterocycles. The molecule has 1 aromatic carbocycles. The van der Waals surface area contributed by atoms with Crippen molar-refractivity contribution in [3.8, 4) is 5.75 Å². The van der Waals surface area contributed by atoms with Gasteiger partial charge in [-0.25, -0.2) is 4.98 Å². The summed E-state index contributed by atoms with van der Waals surface area (Å²) < 4.78 is 10.8. The van der Waals surface area contributed by atoms with Gasteiger partial charge in [-0.15, -0.1) is 0 Å². The fourth-order valence-corrected chi connectivity index (χ4v) is 3.92.